The summed E-state index contributed by atoms with van der Waals surface area (Å²) >= 11 is 0. The number of hydrogen-bond donors (Lipinski definition) is 1. The number of methoxy groups -OCH3 is 1. The van der Waals surface area contributed by atoms with Crippen molar-refractivity contribution in [3.05, 3.63) is 65.4 Å². The maximum atomic E-state index is 12.2. The van der Waals surface area contributed by atoms with E-state index < -0.39 is 5.97 Å². The fourth-order valence-corrected chi connectivity index (χ4v) is 2.56. The molecule has 134 valence electrons. The number of ether oxygens (including phenoxy) is 2. The minimum Gasteiger partial charge on any atom is -0.497 e. The monoisotopic (exact) mass is 353 g/mol. The molecular weight excluding hydrogens is 334 g/mol. The molecule has 6 heteroatoms. The molecule has 1 heterocycles. The summed E-state index contributed by atoms with van der Waals surface area (Å²) in [5.74, 6) is -0.175. The van der Waals surface area contributed by atoms with Gasteiger partial charge in [0, 0.05) is 17.5 Å². The lowest BCUT2D eigenvalue weighted by Gasteiger charge is -2.07. The van der Waals surface area contributed by atoms with Crippen LogP contribution in [0.25, 0.3) is 11.0 Å². The number of carbonyl (C=O) groups excluding carboxylic acids is 2. The van der Waals surface area contributed by atoms with Gasteiger partial charge in [0.05, 0.1) is 7.11 Å². The first kappa shape index (κ1) is 17.5. The highest BCUT2D eigenvalue weighted by molar-refractivity contribution is 5.96. The Bertz CT molecular complexity index is 927. The largest absolute Gasteiger partial charge is 0.497 e. The van der Waals surface area contributed by atoms with Crippen molar-refractivity contribution in [3.8, 4) is 5.75 Å². The molecule has 0 radical (unpaired) electrons. The quantitative estimate of drug-likeness (QED) is 0.689. The first-order valence-corrected chi connectivity index (χ1v) is 8.13. The number of amides is 1. The average Bonchev–Trinajstić information content (AvgIpc) is 3.02. The Balaban J connectivity index is 1.53. The Hall–Kier alpha value is -3.28. The first-order valence-electron chi connectivity index (χ1n) is 8.13. The van der Waals surface area contributed by atoms with Crippen molar-refractivity contribution in [3.63, 3.8) is 0 Å². The van der Waals surface area contributed by atoms with Crippen molar-refractivity contribution in [1.82, 2.24) is 5.32 Å². The molecule has 1 amide bonds. The molecule has 0 unspecified atom stereocenters. The predicted molar refractivity (Wildman–Crippen MR) is 96.1 cm³/mol. The molecule has 0 bridgehead atoms. The predicted octanol–water partition coefficient (Wildman–Crippen LogP) is 3.22. The molecule has 2 aromatic carbocycles. The molecule has 3 rings (SSSR count). The van der Waals surface area contributed by atoms with Crippen LogP contribution in [0, 0.1) is 6.92 Å². The number of para-hydroxylation sites is 1. The van der Waals surface area contributed by atoms with Gasteiger partial charge in [-0.15, -0.1) is 0 Å². The maximum Gasteiger partial charge on any atom is 0.375 e. The van der Waals surface area contributed by atoms with Crippen LogP contribution in [0.15, 0.2) is 52.9 Å². The molecule has 0 atom stereocenters. The van der Waals surface area contributed by atoms with E-state index in [9.17, 15) is 9.59 Å². The number of carbonyl (C=O) groups is 2. The molecule has 26 heavy (non-hydrogen) atoms. The van der Waals surface area contributed by atoms with E-state index in [2.05, 4.69) is 5.32 Å². The summed E-state index contributed by atoms with van der Waals surface area (Å²) in [4.78, 5) is 24.1. The van der Waals surface area contributed by atoms with Crippen molar-refractivity contribution in [1.29, 1.82) is 0 Å². The molecule has 3 aromatic rings. The zero-order chi connectivity index (χ0) is 18.5. The Labute approximate surface area is 150 Å². The van der Waals surface area contributed by atoms with Gasteiger partial charge < -0.3 is 19.2 Å². The number of furan rings is 1. The van der Waals surface area contributed by atoms with E-state index in [0.717, 1.165) is 16.7 Å². The van der Waals surface area contributed by atoms with Crippen LogP contribution >= 0.6 is 0 Å². The van der Waals surface area contributed by atoms with Crippen molar-refractivity contribution in [2.75, 3.05) is 13.7 Å². The van der Waals surface area contributed by atoms with Gasteiger partial charge in [0.15, 0.2) is 6.61 Å². The number of benzene rings is 2. The zero-order valence-electron chi connectivity index (χ0n) is 14.6. The van der Waals surface area contributed by atoms with E-state index in [-0.39, 0.29) is 18.3 Å². The lowest BCUT2D eigenvalue weighted by atomic mass is 10.1. The van der Waals surface area contributed by atoms with Gasteiger partial charge in [-0.1, -0.05) is 30.3 Å². The van der Waals surface area contributed by atoms with Crippen LogP contribution in [0.1, 0.15) is 21.7 Å². The Morgan fingerprint density at radius 2 is 1.81 bits per heavy atom. The minimum absolute atomic E-state index is 0.120. The first-order chi connectivity index (χ1) is 12.6. The Morgan fingerprint density at radius 3 is 2.50 bits per heavy atom. The SMILES string of the molecule is COc1ccc(CNC(=O)COC(=O)c2oc3ccccc3c2C)cc1. The number of aryl methyl sites for hydroxylation is 1. The molecule has 0 fully saturated rings. The zero-order valence-corrected chi connectivity index (χ0v) is 14.6. The Kier molecular flexibility index (Phi) is 5.22. The molecule has 0 aliphatic heterocycles. The lowest BCUT2D eigenvalue weighted by molar-refractivity contribution is -0.124. The van der Waals surface area contributed by atoms with Gasteiger partial charge in [0.1, 0.15) is 11.3 Å². The van der Waals surface area contributed by atoms with E-state index in [1.807, 2.05) is 42.5 Å². The summed E-state index contributed by atoms with van der Waals surface area (Å²) in [5, 5.41) is 3.55. The summed E-state index contributed by atoms with van der Waals surface area (Å²) in [6.07, 6.45) is 0. The van der Waals surface area contributed by atoms with E-state index in [4.69, 9.17) is 13.9 Å². The van der Waals surface area contributed by atoms with Crippen LogP contribution in [0.4, 0.5) is 0 Å². The summed E-state index contributed by atoms with van der Waals surface area (Å²) < 4.78 is 15.7. The molecule has 0 spiro atoms. The van der Waals surface area contributed by atoms with Crippen molar-refractivity contribution < 1.29 is 23.5 Å². The molecule has 6 nitrogen and oxygen atoms in total. The summed E-state index contributed by atoms with van der Waals surface area (Å²) in [6, 6.07) is 14.7. The van der Waals surface area contributed by atoms with Crippen molar-refractivity contribution in [2.24, 2.45) is 0 Å². The molecule has 0 aliphatic rings. The second-order valence-electron chi connectivity index (χ2n) is 5.75. The Morgan fingerprint density at radius 1 is 1.08 bits per heavy atom. The smallest absolute Gasteiger partial charge is 0.375 e. The lowest BCUT2D eigenvalue weighted by Crippen LogP contribution is -2.28. The van der Waals surface area contributed by atoms with E-state index in [1.54, 1.807) is 20.1 Å². The van der Waals surface area contributed by atoms with E-state index >= 15 is 0 Å². The highest BCUT2D eigenvalue weighted by Crippen LogP contribution is 2.25. The fraction of sp³-hybridized carbons (Fsp3) is 0.200. The normalized spacial score (nSPS) is 10.5. The third kappa shape index (κ3) is 3.85. The van der Waals surface area contributed by atoms with Gasteiger partial charge in [0.25, 0.3) is 5.91 Å². The number of hydrogen-bond acceptors (Lipinski definition) is 5. The van der Waals surface area contributed by atoms with Crippen LogP contribution in [0.2, 0.25) is 0 Å². The molecule has 0 saturated carbocycles. The van der Waals surface area contributed by atoms with Crippen LogP contribution in [0.5, 0.6) is 5.75 Å². The maximum absolute atomic E-state index is 12.2. The van der Waals surface area contributed by atoms with Gasteiger partial charge in [-0.3, -0.25) is 4.79 Å². The van der Waals surface area contributed by atoms with Crippen LogP contribution in [-0.2, 0) is 16.1 Å². The van der Waals surface area contributed by atoms with Gasteiger partial charge in [-0.2, -0.15) is 0 Å². The van der Waals surface area contributed by atoms with E-state index in [0.29, 0.717) is 17.7 Å². The topological polar surface area (TPSA) is 77.8 Å². The second-order valence-corrected chi connectivity index (χ2v) is 5.75. The minimum atomic E-state index is -0.654. The summed E-state index contributed by atoms with van der Waals surface area (Å²) in [5.41, 5.74) is 2.23. The molecule has 0 saturated heterocycles. The molecule has 0 aliphatic carbocycles. The standard InChI is InChI=1S/C20H19NO5/c1-13-16-5-3-4-6-17(16)26-19(13)20(23)25-12-18(22)21-11-14-7-9-15(24-2)10-8-14/h3-10H,11-12H2,1-2H3,(H,21,22). The number of rotatable bonds is 6. The average molecular weight is 353 g/mol. The second kappa shape index (κ2) is 7.74. The molecule has 1 aromatic heterocycles. The third-order valence-electron chi connectivity index (χ3n) is 4.01. The van der Waals surface area contributed by atoms with Crippen LogP contribution < -0.4 is 10.1 Å². The van der Waals surface area contributed by atoms with Crippen molar-refractivity contribution >= 4 is 22.8 Å². The van der Waals surface area contributed by atoms with Crippen LogP contribution in [0.3, 0.4) is 0 Å². The van der Waals surface area contributed by atoms with Gasteiger partial charge >= 0.3 is 5.97 Å². The molecular formula is C20H19NO5. The number of nitrogens with one attached hydrogen (secondary N) is 1. The van der Waals surface area contributed by atoms with E-state index in [1.165, 1.54) is 0 Å². The van der Waals surface area contributed by atoms with Gasteiger partial charge in [-0.05, 0) is 30.7 Å². The highest BCUT2D eigenvalue weighted by atomic mass is 16.5. The highest BCUT2D eigenvalue weighted by Gasteiger charge is 2.19. The number of esters is 1. The number of fused-ring (bicyclic) bond motifs is 1. The summed E-state index contributed by atoms with van der Waals surface area (Å²) in [7, 11) is 1.59. The molecule has 1 N–H and O–H groups in total. The fourth-order valence-electron chi connectivity index (χ4n) is 2.56. The van der Waals surface area contributed by atoms with Crippen molar-refractivity contribution in [2.45, 2.75) is 13.5 Å². The summed E-state index contributed by atoms with van der Waals surface area (Å²) in [6.45, 7) is 1.75. The van der Waals surface area contributed by atoms with Crippen LogP contribution in [-0.4, -0.2) is 25.6 Å². The van der Waals surface area contributed by atoms with Gasteiger partial charge in [-0.25, -0.2) is 4.79 Å². The van der Waals surface area contributed by atoms with Gasteiger partial charge in [0.2, 0.25) is 5.76 Å². The third-order valence-corrected chi connectivity index (χ3v) is 4.01.